The Hall–Kier alpha value is -2.29. The Morgan fingerprint density at radius 2 is 1.77 bits per heavy atom. The van der Waals surface area contributed by atoms with Crippen molar-refractivity contribution in [1.82, 2.24) is 9.97 Å². The van der Waals surface area contributed by atoms with E-state index in [1.165, 1.54) is 31.4 Å². The standard InChI is InChI=1S/C21H23FN2O2/c1-2-3-4-5-17-14-25-20(26-15-17)11-6-16-12-23-21(24-13-16)18-7-9-19(22)10-8-18/h7-10,12-13,17,20H,2-5,14-15H2,1H3/t17-,20-. The molecule has 5 heteroatoms. The SMILES string of the molecule is CCCCC[C@H]1CO[C@H](C#Cc2cnc(-c3ccc(F)cc3)nc2)OC1. The molecular formula is C21H23FN2O2. The third kappa shape index (κ3) is 5.35. The highest BCUT2D eigenvalue weighted by Gasteiger charge is 2.20. The van der Waals surface area contributed by atoms with Gasteiger partial charge in [-0.1, -0.05) is 32.1 Å². The Morgan fingerprint density at radius 3 is 2.42 bits per heavy atom. The molecular weight excluding hydrogens is 331 g/mol. The minimum absolute atomic E-state index is 0.281. The summed E-state index contributed by atoms with van der Waals surface area (Å²) in [7, 11) is 0. The van der Waals surface area contributed by atoms with Gasteiger partial charge < -0.3 is 9.47 Å². The third-order valence-corrected chi connectivity index (χ3v) is 4.27. The molecule has 0 bridgehead atoms. The molecule has 1 saturated heterocycles. The van der Waals surface area contributed by atoms with Gasteiger partial charge in [-0.25, -0.2) is 14.4 Å². The summed E-state index contributed by atoms with van der Waals surface area (Å²) in [5.74, 6) is 6.68. The Kier molecular flexibility index (Phi) is 6.70. The summed E-state index contributed by atoms with van der Waals surface area (Å²) in [5.41, 5.74) is 1.45. The maximum atomic E-state index is 13.0. The van der Waals surface area contributed by atoms with E-state index in [9.17, 15) is 4.39 Å². The zero-order valence-corrected chi connectivity index (χ0v) is 15.0. The van der Waals surface area contributed by atoms with E-state index in [0.717, 1.165) is 12.0 Å². The van der Waals surface area contributed by atoms with Gasteiger partial charge in [-0.15, -0.1) is 0 Å². The van der Waals surface area contributed by atoms with Gasteiger partial charge in [0.2, 0.25) is 6.29 Å². The molecule has 0 radical (unpaired) electrons. The van der Waals surface area contributed by atoms with Gasteiger partial charge in [0, 0.05) is 23.9 Å². The molecule has 1 fully saturated rings. The molecule has 136 valence electrons. The summed E-state index contributed by atoms with van der Waals surface area (Å²) in [4.78, 5) is 8.56. The Bertz CT molecular complexity index is 742. The topological polar surface area (TPSA) is 44.2 Å². The molecule has 0 spiro atoms. The van der Waals surface area contributed by atoms with Crippen molar-refractivity contribution in [1.29, 1.82) is 0 Å². The summed E-state index contributed by atoms with van der Waals surface area (Å²) < 4.78 is 24.3. The zero-order valence-electron chi connectivity index (χ0n) is 15.0. The first-order chi connectivity index (χ1) is 12.7. The van der Waals surface area contributed by atoms with E-state index in [2.05, 4.69) is 28.7 Å². The summed E-state index contributed by atoms with van der Waals surface area (Å²) in [5, 5.41) is 0. The van der Waals surface area contributed by atoms with Crippen molar-refractivity contribution < 1.29 is 13.9 Å². The molecule has 26 heavy (non-hydrogen) atoms. The quantitative estimate of drug-likeness (QED) is 0.596. The lowest BCUT2D eigenvalue weighted by Crippen LogP contribution is -2.31. The lowest BCUT2D eigenvalue weighted by Gasteiger charge is -2.26. The summed E-state index contributed by atoms with van der Waals surface area (Å²) in [6, 6.07) is 6.08. The smallest absolute Gasteiger partial charge is 0.222 e. The molecule has 0 unspecified atom stereocenters. The van der Waals surface area contributed by atoms with Crippen molar-refractivity contribution in [2.24, 2.45) is 5.92 Å². The Labute approximate surface area is 153 Å². The van der Waals surface area contributed by atoms with Crippen molar-refractivity contribution >= 4 is 0 Å². The molecule has 2 aromatic rings. The molecule has 0 N–H and O–H groups in total. The molecule has 4 nitrogen and oxygen atoms in total. The lowest BCUT2D eigenvalue weighted by molar-refractivity contribution is -0.170. The number of unbranched alkanes of at least 4 members (excludes halogenated alkanes) is 2. The van der Waals surface area contributed by atoms with Crippen LogP contribution in [-0.4, -0.2) is 29.5 Å². The maximum absolute atomic E-state index is 13.0. The minimum Gasteiger partial charge on any atom is -0.342 e. The molecule has 3 rings (SSSR count). The van der Waals surface area contributed by atoms with Crippen LogP contribution >= 0.6 is 0 Å². The van der Waals surface area contributed by atoms with Crippen molar-refractivity contribution in [3.63, 3.8) is 0 Å². The predicted molar refractivity (Wildman–Crippen MR) is 97.6 cm³/mol. The lowest BCUT2D eigenvalue weighted by atomic mass is 10.0. The van der Waals surface area contributed by atoms with Gasteiger partial charge in [0.25, 0.3) is 0 Å². The fourth-order valence-electron chi connectivity index (χ4n) is 2.76. The largest absolute Gasteiger partial charge is 0.342 e. The normalized spacial score (nSPS) is 19.6. The van der Waals surface area contributed by atoms with E-state index in [1.807, 2.05) is 0 Å². The molecule has 0 atom stereocenters. The van der Waals surface area contributed by atoms with Gasteiger partial charge in [0.1, 0.15) is 5.82 Å². The number of benzene rings is 1. The van der Waals surface area contributed by atoms with Crippen molar-refractivity contribution in [2.75, 3.05) is 13.2 Å². The summed E-state index contributed by atoms with van der Waals surface area (Å²) >= 11 is 0. The second-order valence-corrected chi connectivity index (χ2v) is 6.43. The van der Waals surface area contributed by atoms with Crippen LogP contribution in [-0.2, 0) is 9.47 Å². The molecule has 0 amide bonds. The van der Waals surface area contributed by atoms with Crippen molar-refractivity contribution in [3.05, 3.63) is 48.0 Å². The number of halogens is 1. The van der Waals surface area contributed by atoms with Crippen LogP contribution in [0, 0.1) is 23.6 Å². The fraction of sp³-hybridized carbons (Fsp3) is 0.429. The first-order valence-corrected chi connectivity index (χ1v) is 9.07. The average molecular weight is 354 g/mol. The van der Waals surface area contributed by atoms with Crippen LogP contribution < -0.4 is 0 Å². The van der Waals surface area contributed by atoms with Gasteiger partial charge in [-0.2, -0.15) is 0 Å². The fourth-order valence-corrected chi connectivity index (χ4v) is 2.76. The van der Waals surface area contributed by atoms with E-state index in [4.69, 9.17) is 9.47 Å². The van der Waals surface area contributed by atoms with Crippen molar-refractivity contribution in [3.8, 4) is 23.2 Å². The monoisotopic (exact) mass is 354 g/mol. The van der Waals surface area contributed by atoms with Crippen LogP contribution in [0.1, 0.15) is 38.2 Å². The number of ether oxygens (including phenoxy) is 2. The molecule has 0 saturated carbocycles. The third-order valence-electron chi connectivity index (χ3n) is 4.27. The molecule has 2 heterocycles. The van der Waals surface area contributed by atoms with Crippen LogP contribution in [0.3, 0.4) is 0 Å². The first-order valence-electron chi connectivity index (χ1n) is 9.07. The second kappa shape index (κ2) is 9.42. The van der Waals surface area contributed by atoms with Crippen molar-refractivity contribution in [2.45, 2.75) is 38.9 Å². The highest BCUT2D eigenvalue weighted by molar-refractivity contribution is 5.54. The summed E-state index contributed by atoms with van der Waals surface area (Å²) in [6.45, 7) is 3.60. The van der Waals surface area contributed by atoms with Crippen LogP contribution in [0.25, 0.3) is 11.4 Å². The Morgan fingerprint density at radius 1 is 1.08 bits per heavy atom. The second-order valence-electron chi connectivity index (χ2n) is 6.43. The average Bonchev–Trinajstić information content (AvgIpc) is 2.69. The molecule has 0 aliphatic carbocycles. The van der Waals surface area contributed by atoms with E-state index < -0.39 is 6.29 Å². The number of nitrogens with zero attached hydrogens (tertiary/aromatic N) is 2. The van der Waals surface area contributed by atoms with Crippen LogP contribution in [0.2, 0.25) is 0 Å². The number of hydrogen-bond acceptors (Lipinski definition) is 4. The van der Waals surface area contributed by atoms with Crippen LogP contribution in [0.4, 0.5) is 4.39 Å². The van der Waals surface area contributed by atoms with Crippen LogP contribution in [0.15, 0.2) is 36.7 Å². The predicted octanol–water partition coefficient (Wildman–Crippen LogP) is 4.20. The molecule has 1 aliphatic rings. The van der Waals surface area contributed by atoms with Crippen LogP contribution in [0.5, 0.6) is 0 Å². The maximum Gasteiger partial charge on any atom is 0.222 e. The van der Waals surface area contributed by atoms with E-state index in [0.29, 0.717) is 30.5 Å². The molecule has 1 aromatic heterocycles. The van der Waals surface area contributed by atoms with Gasteiger partial charge in [0.15, 0.2) is 5.82 Å². The number of aromatic nitrogens is 2. The Balaban J connectivity index is 1.52. The first kappa shape index (κ1) is 18.5. The number of hydrogen-bond donors (Lipinski definition) is 0. The van der Waals surface area contributed by atoms with Gasteiger partial charge >= 0.3 is 0 Å². The minimum atomic E-state index is -0.491. The van der Waals surface area contributed by atoms with Gasteiger partial charge in [-0.05, 0) is 36.6 Å². The molecule has 1 aliphatic heterocycles. The highest BCUT2D eigenvalue weighted by Crippen LogP contribution is 2.18. The number of rotatable bonds is 5. The van der Waals surface area contributed by atoms with E-state index in [-0.39, 0.29) is 5.82 Å². The van der Waals surface area contributed by atoms with Gasteiger partial charge in [-0.3, -0.25) is 0 Å². The van der Waals surface area contributed by atoms with E-state index >= 15 is 0 Å². The summed E-state index contributed by atoms with van der Waals surface area (Å²) in [6.07, 6.45) is 7.66. The molecule has 1 aromatic carbocycles. The van der Waals surface area contributed by atoms with Gasteiger partial charge in [0.05, 0.1) is 18.8 Å². The highest BCUT2D eigenvalue weighted by atomic mass is 19.1. The van der Waals surface area contributed by atoms with E-state index in [1.54, 1.807) is 24.5 Å². The zero-order chi connectivity index (χ0) is 18.2.